The van der Waals surface area contributed by atoms with E-state index in [4.69, 9.17) is 4.74 Å². The summed E-state index contributed by atoms with van der Waals surface area (Å²) in [5.74, 6) is 2.04. The number of nitrogens with zero attached hydrogens (tertiary/aromatic N) is 3. The van der Waals surface area contributed by atoms with Crippen LogP contribution in [0.2, 0.25) is 0 Å². The first-order chi connectivity index (χ1) is 13.7. The van der Waals surface area contributed by atoms with E-state index < -0.39 is 0 Å². The van der Waals surface area contributed by atoms with Gasteiger partial charge in [-0.2, -0.15) is 0 Å². The topological polar surface area (TPSA) is 69.0 Å². The fourth-order valence-electron chi connectivity index (χ4n) is 3.46. The average molecular weight is 403 g/mol. The van der Waals surface area contributed by atoms with Gasteiger partial charge in [-0.3, -0.25) is 4.79 Å². The molecule has 6 nitrogen and oxygen atoms in total. The molecule has 1 N–H and O–H groups in total. The van der Waals surface area contributed by atoms with E-state index in [1.165, 1.54) is 43.0 Å². The molecule has 1 amide bonds. The molecule has 0 bridgehead atoms. The maximum absolute atomic E-state index is 12.3. The summed E-state index contributed by atoms with van der Waals surface area (Å²) in [6.07, 6.45) is 7.20. The summed E-state index contributed by atoms with van der Waals surface area (Å²) >= 11 is 1.44. The summed E-state index contributed by atoms with van der Waals surface area (Å²) in [4.78, 5) is 12.3. The molecule has 1 aromatic heterocycles. The number of rotatable bonds is 8. The Hall–Kier alpha value is -2.02. The smallest absolute Gasteiger partial charge is 0.230 e. The number of ether oxygens (including phenoxy) is 1. The van der Waals surface area contributed by atoms with E-state index in [1.54, 1.807) is 0 Å². The van der Waals surface area contributed by atoms with Crippen molar-refractivity contribution in [2.45, 2.75) is 76.7 Å². The van der Waals surface area contributed by atoms with E-state index in [2.05, 4.69) is 15.5 Å². The molecule has 152 valence electrons. The maximum Gasteiger partial charge on any atom is 0.230 e. The van der Waals surface area contributed by atoms with E-state index in [0.29, 0.717) is 18.4 Å². The molecule has 7 heteroatoms. The summed E-state index contributed by atoms with van der Waals surface area (Å²) in [6, 6.07) is 8.28. The zero-order valence-electron chi connectivity index (χ0n) is 16.8. The lowest BCUT2D eigenvalue weighted by atomic mass is 10.1. The van der Waals surface area contributed by atoms with Crippen molar-refractivity contribution < 1.29 is 9.53 Å². The summed E-state index contributed by atoms with van der Waals surface area (Å²) in [5.41, 5.74) is 1.20. The number of hydrogen-bond acceptors (Lipinski definition) is 5. The van der Waals surface area contributed by atoms with Gasteiger partial charge in [0.25, 0.3) is 0 Å². The van der Waals surface area contributed by atoms with Gasteiger partial charge in [0.15, 0.2) is 11.0 Å². The van der Waals surface area contributed by atoms with E-state index in [0.717, 1.165) is 36.1 Å². The molecule has 1 aliphatic rings. The third kappa shape index (κ3) is 5.99. The molecule has 3 rings (SSSR count). The lowest BCUT2D eigenvalue weighted by Gasteiger charge is -2.16. The molecule has 28 heavy (non-hydrogen) atoms. The number of aromatic nitrogens is 3. The molecule has 0 radical (unpaired) electrons. The van der Waals surface area contributed by atoms with Crippen molar-refractivity contribution >= 4 is 17.7 Å². The highest BCUT2D eigenvalue weighted by Crippen LogP contribution is 2.20. The third-order valence-electron chi connectivity index (χ3n) is 5.05. The Kier molecular flexibility index (Phi) is 7.77. The zero-order chi connectivity index (χ0) is 19.8. The second-order valence-corrected chi connectivity index (χ2v) is 8.23. The quantitative estimate of drug-likeness (QED) is 0.531. The minimum absolute atomic E-state index is 0.0833. The first kappa shape index (κ1) is 20.7. The molecule has 1 aliphatic carbocycles. The molecule has 0 aliphatic heterocycles. The molecule has 1 heterocycles. The van der Waals surface area contributed by atoms with Crippen LogP contribution in [0.5, 0.6) is 5.75 Å². The Morgan fingerprint density at radius 2 is 1.89 bits per heavy atom. The van der Waals surface area contributed by atoms with Gasteiger partial charge in [0.05, 0.1) is 5.75 Å². The number of nitrogens with one attached hydrogen (secondary N) is 1. The fourth-order valence-corrected chi connectivity index (χ4v) is 4.29. The van der Waals surface area contributed by atoms with Crippen LogP contribution in [0, 0.1) is 6.92 Å². The lowest BCUT2D eigenvalue weighted by molar-refractivity contribution is -0.119. The van der Waals surface area contributed by atoms with Crippen molar-refractivity contribution in [1.29, 1.82) is 0 Å². The van der Waals surface area contributed by atoms with Gasteiger partial charge in [-0.15, -0.1) is 10.2 Å². The van der Waals surface area contributed by atoms with Gasteiger partial charge in [0.2, 0.25) is 5.91 Å². The summed E-state index contributed by atoms with van der Waals surface area (Å²) in [5, 5.41) is 12.5. The first-order valence-corrected chi connectivity index (χ1v) is 11.2. The van der Waals surface area contributed by atoms with Gasteiger partial charge in [-0.25, -0.2) is 0 Å². The third-order valence-corrected chi connectivity index (χ3v) is 6.02. The molecule has 0 spiro atoms. The summed E-state index contributed by atoms with van der Waals surface area (Å²) in [6.45, 7) is 5.20. The molecule has 2 aromatic rings. The van der Waals surface area contributed by atoms with Crippen molar-refractivity contribution in [3.63, 3.8) is 0 Å². The number of carbonyl (C=O) groups excluding carboxylic acids is 1. The van der Waals surface area contributed by atoms with Crippen molar-refractivity contribution in [3.05, 3.63) is 35.7 Å². The summed E-state index contributed by atoms with van der Waals surface area (Å²) in [7, 11) is 0. The zero-order valence-corrected chi connectivity index (χ0v) is 17.6. The van der Waals surface area contributed by atoms with E-state index >= 15 is 0 Å². The van der Waals surface area contributed by atoms with Crippen LogP contribution in [-0.4, -0.2) is 32.5 Å². The number of hydrogen-bond donors (Lipinski definition) is 1. The molecule has 1 fully saturated rings. The maximum atomic E-state index is 12.3. The lowest BCUT2D eigenvalue weighted by Crippen LogP contribution is -2.35. The SMILES string of the molecule is CCn1c(COc2ccc(C)cc2)nnc1SCC(=O)NC1CCCCCC1. The Labute approximate surface area is 171 Å². The number of aryl methyl sites for hydroxylation is 1. The molecular weight excluding hydrogens is 372 g/mol. The predicted molar refractivity (Wildman–Crippen MR) is 112 cm³/mol. The van der Waals surface area contributed by atoms with Crippen LogP contribution in [0.25, 0.3) is 0 Å². The summed E-state index contributed by atoms with van der Waals surface area (Å²) < 4.78 is 7.84. The van der Waals surface area contributed by atoms with Gasteiger partial charge in [-0.05, 0) is 38.8 Å². The van der Waals surface area contributed by atoms with Crippen molar-refractivity contribution in [1.82, 2.24) is 20.1 Å². The molecular formula is C21H30N4O2S. The van der Waals surface area contributed by atoms with Crippen LogP contribution in [-0.2, 0) is 17.9 Å². The highest BCUT2D eigenvalue weighted by atomic mass is 32.2. The van der Waals surface area contributed by atoms with Gasteiger partial charge < -0.3 is 14.6 Å². The van der Waals surface area contributed by atoms with E-state index in [1.807, 2.05) is 42.7 Å². The van der Waals surface area contributed by atoms with Crippen molar-refractivity contribution in [3.8, 4) is 5.75 Å². The molecule has 0 atom stereocenters. The van der Waals surface area contributed by atoms with Crippen LogP contribution >= 0.6 is 11.8 Å². The van der Waals surface area contributed by atoms with Gasteiger partial charge >= 0.3 is 0 Å². The largest absolute Gasteiger partial charge is 0.486 e. The Bertz CT molecular complexity index is 752. The second kappa shape index (κ2) is 10.5. The molecule has 1 aromatic carbocycles. The standard InChI is InChI=1S/C21H30N4O2S/c1-3-25-19(14-27-18-12-10-16(2)11-13-18)23-24-21(25)28-15-20(26)22-17-8-6-4-5-7-9-17/h10-13,17H,3-9,14-15H2,1-2H3,(H,22,26). The minimum Gasteiger partial charge on any atom is -0.486 e. The molecule has 1 saturated carbocycles. The Balaban J connectivity index is 1.51. The Morgan fingerprint density at radius 1 is 1.18 bits per heavy atom. The van der Waals surface area contributed by atoms with Crippen LogP contribution in [0.1, 0.15) is 56.8 Å². The highest BCUT2D eigenvalue weighted by molar-refractivity contribution is 7.99. The van der Waals surface area contributed by atoms with Gasteiger partial charge in [0, 0.05) is 12.6 Å². The monoisotopic (exact) mass is 402 g/mol. The number of carbonyl (C=O) groups is 1. The van der Waals surface area contributed by atoms with Crippen LogP contribution < -0.4 is 10.1 Å². The van der Waals surface area contributed by atoms with Crippen LogP contribution in [0.3, 0.4) is 0 Å². The Morgan fingerprint density at radius 3 is 2.57 bits per heavy atom. The van der Waals surface area contributed by atoms with Crippen molar-refractivity contribution in [2.24, 2.45) is 0 Å². The first-order valence-electron chi connectivity index (χ1n) is 10.2. The van der Waals surface area contributed by atoms with Crippen LogP contribution in [0.4, 0.5) is 0 Å². The van der Waals surface area contributed by atoms with Crippen LogP contribution in [0.15, 0.2) is 29.4 Å². The van der Waals surface area contributed by atoms with E-state index in [-0.39, 0.29) is 5.91 Å². The second-order valence-electron chi connectivity index (χ2n) is 7.29. The average Bonchev–Trinajstić information content (AvgIpc) is 2.91. The van der Waals surface area contributed by atoms with Crippen molar-refractivity contribution in [2.75, 3.05) is 5.75 Å². The van der Waals surface area contributed by atoms with E-state index in [9.17, 15) is 4.79 Å². The predicted octanol–water partition coefficient (Wildman–Crippen LogP) is 4.12. The number of benzene rings is 1. The highest BCUT2D eigenvalue weighted by Gasteiger charge is 2.17. The molecule has 0 saturated heterocycles. The van der Waals surface area contributed by atoms with Gasteiger partial charge in [-0.1, -0.05) is 55.1 Å². The number of amides is 1. The number of thioether (sulfide) groups is 1. The minimum atomic E-state index is 0.0833. The normalized spacial score (nSPS) is 15.2. The molecule has 0 unspecified atom stereocenters. The van der Waals surface area contributed by atoms with Gasteiger partial charge in [0.1, 0.15) is 12.4 Å². The fraction of sp³-hybridized carbons (Fsp3) is 0.571.